The Morgan fingerprint density at radius 1 is 0.962 bits per heavy atom. The maximum atomic E-state index is 13.9. The predicted octanol–water partition coefficient (Wildman–Crippen LogP) is 2.23. The SMILES string of the molecule is CN(c1cc(F)ccc1F)S(=O)(=O)c1ccc(S(=O)(=O)NC2CC2)cc1. The zero-order chi connectivity index (χ0) is 19.1. The molecule has 0 bridgehead atoms. The quantitative estimate of drug-likeness (QED) is 0.803. The molecule has 1 N–H and O–H groups in total. The molecule has 3 rings (SSSR count). The largest absolute Gasteiger partial charge is 0.266 e. The van der Waals surface area contributed by atoms with Crippen molar-refractivity contribution in [3.05, 3.63) is 54.1 Å². The van der Waals surface area contributed by atoms with E-state index in [-0.39, 0.29) is 15.8 Å². The molecule has 6 nitrogen and oxygen atoms in total. The third-order valence-electron chi connectivity index (χ3n) is 3.94. The predicted molar refractivity (Wildman–Crippen MR) is 91.7 cm³/mol. The van der Waals surface area contributed by atoms with Gasteiger partial charge >= 0.3 is 0 Å². The van der Waals surface area contributed by atoms with Crippen LogP contribution >= 0.6 is 0 Å². The van der Waals surface area contributed by atoms with Gasteiger partial charge in [0.15, 0.2) is 0 Å². The topological polar surface area (TPSA) is 83.6 Å². The summed E-state index contributed by atoms with van der Waals surface area (Å²) in [5, 5.41) is 0. The van der Waals surface area contributed by atoms with E-state index >= 15 is 0 Å². The molecule has 2 aromatic rings. The van der Waals surface area contributed by atoms with Crippen molar-refractivity contribution in [3.63, 3.8) is 0 Å². The van der Waals surface area contributed by atoms with E-state index in [9.17, 15) is 25.6 Å². The lowest BCUT2D eigenvalue weighted by atomic mass is 10.3. The van der Waals surface area contributed by atoms with Gasteiger partial charge in [-0.3, -0.25) is 4.31 Å². The third kappa shape index (κ3) is 3.71. The Hall–Kier alpha value is -2.04. The average Bonchev–Trinajstić information content (AvgIpc) is 3.39. The summed E-state index contributed by atoms with van der Waals surface area (Å²) in [5.41, 5.74) is -0.447. The molecule has 0 radical (unpaired) electrons. The lowest BCUT2D eigenvalue weighted by molar-refractivity contribution is 0.579. The van der Waals surface area contributed by atoms with Gasteiger partial charge in [-0.2, -0.15) is 0 Å². The normalized spacial score (nSPS) is 15.0. The van der Waals surface area contributed by atoms with Crippen molar-refractivity contribution in [2.45, 2.75) is 28.7 Å². The number of rotatable bonds is 6. The van der Waals surface area contributed by atoms with Crippen molar-refractivity contribution < 1.29 is 25.6 Å². The van der Waals surface area contributed by atoms with E-state index in [1.54, 1.807) is 0 Å². The summed E-state index contributed by atoms with van der Waals surface area (Å²) in [6, 6.07) is 6.95. The molecular formula is C16H16F2N2O4S2. The van der Waals surface area contributed by atoms with Crippen LogP contribution < -0.4 is 9.03 Å². The van der Waals surface area contributed by atoms with Crippen LogP contribution in [0, 0.1) is 11.6 Å². The lowest BCUT2D eigenvalue weighted by Gasteiger charge is -2.20. The highest BCUT2D eigenvalue weighted by atomic mass is 32.2. The van der Waals surface area contributed by atoms with Crippen LogP contribution in [0.3, 0.4) is 0 Å². The second-order valence-electron chi connectivity index (χ2n) is 5.94. The Kier molecular flexibility index (Phi) is 4.76. The van der Waals surface area contributed by atoms with Crippen LogP contribution in [-0.4, -0.2) is 29.9 Å². The minimum atomic E-state index is -4.19. The number of benzene rings is 2. The van der Waals surface area contributed by atoms with Gasteiger partial charge in [0, 0.05) is 19.2 Å². The first-order valence-electron chi connectivity index (χ1n) is 7.67. The number of sulfonamides is 2. The highest BCUT2D eigenvalue weighted by Crippen LogP contribution is 2.27. The smallest absolute Gasteiger partial charge is 0.264 e. The van der Waals surface area contributed by atoms with E-state index < -0.39 is 37.4 Å². The molecule has 0 atom stereocenters. The van der Waals surface area contributed by atoms with Crippen LogP contribution in [0.1, 0.15) is 12.8 Å². The fraction of sp³-hybridized carbons (Fsp3) is 0.250. The van der Waals surface area contributed by atoms with Crippen LogP contribution in [-0.2, 0) is 20.0 Å². The van der Waals surface area contributed by atoms with Crippen molar-refractivity contribution >= 4 is 25.7 Å². The molecule has 0 heterocycles. The highest BCUT2D eigenvalue weighted by molar-refractivity contribution is 7.92. The Morgan fingerprint density at radius 2 is 1.54 bits per heavy atom. The molecule has 0 spiro atoms. The highest BCUT2D eigenvalue weighted by Gasteiger charge is 2.29. The summed E-state index contributed by atoms with van der Waals surface area (Å²) in [5.74, 6) is -1.68. The van der Waals surface area contributed by atoms with Crippen LogP contribution in [0.25, 0.3) is 0 Å². The number of halogens is 2. The first-order valence-corrected chi connectivity index (χ1v) is 10.6. The fourth-order valence-corrected chi connectivity index (χ4v) is 4.79. The van der Waals surface area contributed by atoms with Gasteiger partial charge in [-0.25, -0.2) is 30.3 Å². The molecule has 0 amide bonds. The maximum Gasteiger partial charge on any atom is 0.264 e. The van der Waals surface area contributed by atoms with Crippen molar-refractivity contribution in [2.24, 2.45) is 0 Å². The molecule has 26 heavy (non-hydrogen) atoms. The van der Waals surface area contributed by atoms with Crippen molar-refractivity contribution in [1.82, 2.24) is 4.72 Å². The second-order valence-corrected chi connectivity index (χ2v) is 9.62. The summed E-state index contributed by atoms with van der Waals surface area (Å²) in [6.07, 6.45) is 1.55. The second kappa shape index (κ2) is 6.60. The third-order valence-corrected chi connectivity index (χ3v) is 7.26. The van der Waals surface area contributed by atoms with Gasteiger partial charge in [0.25, 0.3) is 10.0 Å². The van der Waals surface area contributed by atoms with Crippen molar-refractivity contribution in [2.75, 3.05) is 11.4 Å². The van der Waals surface area contributed by atoms with Gasteiger partial charge in [0.05, 0.1) is 15.5 Å². The molecule has 1 aliphatic carbocycles. The summed E-state index contributed by atoms with van der Waals surface area (Å²) < 4.78 is 79.8. The van der Waals surface area contributed by atoms with E-state index in [1.165, 1.54) is 0 Å². The van der Waals surface area contributed by atoms with Crippen LogP contribution in [0.4, 0.5) is 14.5 Å². The minimum absolute atomic E-state index is 0.0667. The molecule has 0 aromatic heterocycles. The molecule has 0 saturated heterocycles. The Morgan fingerprint density at radius 3 is 2.12 bits per heavy atom. The van der Waals surface area contributed by atoms with Gasteiger partial charge in [-0.1, -0.05) is 0 Å². The summed E-state index contributed by atoms with van der Waals surface area (Å²) in [6.45, 7) is 0. The van der Waals surface area contributed by atoms with Crippen LogP contribution in [0.15, 0.2) is 52.3 Å². The van der Waals surface area contributed by atoms with Gasteiger partial charge in [0.1, 0.15) is 11.6 Å². The summed E-state index contributed by atoms with van der Waals surface area (Å²) in [4.78, 5) is -0.308. The summed E-state index contributed by atoms with van der Waals surface area (Å²) in [7, 11) is -6.82. The Bertz CT molecular complexity index is 1030. The van der Waals surface area contributed by atoms with Crippen LogP contribution in [0.5, 0.6) is 0 Å². The molecule has 1 fully saturated rings. The molecule has 10 heteroatoms. The van der Waals surface area contributed by atoms with Gasteiger partial charge in [-0.05, 0) is 49.2 Å². The average molecular weight is 402 g/mol. The van der Waals surface area contributed by atoms with E-state index in [2.05, 4.69) is 4.72 Å². The van der Waals surface area contributed by atoms with E-state index in [0.29, 0.717) is 4.31 Å². The minimum Gasteiger partial charge on any atom is -0.266 e. The number of hydrogen-bond acceptors (Lipinski definition) is 4. The van der Waals surface area contributed by atoms with E-state index in [0.717, 1.165) is 62.4 Å². The van der Waals surface area contributed by atoms with Gasteiger partial charge in [0.2, 0.25) is 10.0 Å². The Balaban J connectivity index is 1.91. The monoisotopic (exact) mass is 402 g/mol. The first-order chi connectivity index (χ1) is 12.1. The molecule has 0 unspecified atom stereocenters. The number of anilines is 1. The van der Waals surface area contributed by atoms with Crippen LogP contribution in [0.2, 0.25) is 0 Å². The standard InChI is InChI=1S/C16H16F2N2O4S2/c1-20(16-10-11(17)2-9-15(16)18)26(23,24)14-7-5-13(6-8-14)25(21,22)19-12-3-4-12/h2,5-10,12,19H,3-4H2,1H3. The number of nitrogens with one attached hydrogen (secondary N) is 1. The molecule has 1 saturated carbocycles. The zero-order valence-electron chi connectivity index (χ0n) is 13.7. The van der Waals surface area contributed by atoms with Gasteiger partial charge in [-0.15, -0.1) is 0 Å². The number of nitrogens with zero attached hydrogens (tertiary/aromatic N) is 1. The Labute approximate surface area is 150 Å². The first kappa shape index (κ1) is 18.7. The number of hydrogen-bond donors (Lipinski definition) is 1. The molecular weight excluding hydrogens is 386 g/mol. The van der Waals surface area contributed by atoms with Gasteiger partial charge < -0.3 is 0 Å². The van der Waals surface area contributed by atoms with Crippen molar-refractivity contribution in [3.8, 4) is 0 Å². The fourth-order valence-electron chi connectivity index (χ4n) is 2.29. The van der Waals surface area contributed by atoms with E-state index in [1.807, 2.05) is 0 Å². The zero-order valence-corrected chi connectivity index (χ0v) is 15.3. The van der Waals surface area contributed by atoms with E-state index in [4.69, 9.17) is 0 Å². The summed E-state index contributed by atoms with van der Waals surface area (Å²) >= 11 is 0. The maximum absolute atomic E-state index is 13.9. The molecule has 2 aromatic carbocycles. The lowest BCUT2D eigenvalue weighted by Crippen LogP contribution is -2.28. The van der Waals surface area contributed by atoms with Crippen molar-refractivity contribution in [1.29, 1.82) is 0 Å². The molecule has 140 valence electrons. The molecule has 0 aliphatic heterocycles. The molecule has 1 aliphatic rings.